The Balaban J connectivity index is 1.72. The van der Waals surface area contributed by atoms with Crippen LogP contribution in [0.15, 0.2) is 23.0 Å². The zero-order chi connectivity index (χ0) is 18.6. The molecule has 1 aromatic rings. The number of hydrogen-bond acceptors (Lipinski definition) is 6. The van der Waals surface area contributed by atoms with Crippen molar-refractivity contribution in [3.63, 3.8) is 0 Å². The van der Waals surface area contributed by atoms with E-state index >= 15 is 0 Å². The fourth-order valence-electron chi connectivity index (χ4n) is 6.62. The molecule has 2 aliphatic carbocycles. The molecule has 4 aliphatic rings. The van der Waals surface area contributed by atoms with Crippen molar-refractivity contribution in [1.29, 1.82) is 0 Å². The maximum Gasteiger partial charge on any atom is 0.319 e. The van der Waals surface area contributed by atoms with Crippen LogP contribution in [0.1, 0.15) is 64.5 Å². The zero-order valence-electron chi connectivity index (χ0n) is 15.3. The molecular weight excluding hydrogens is 336 g/mol. The van der Waals surface area contributed by atoms with Crippen LogP contribution in [-0.2, 0) is 19.1 Å². The van der Waals surface area contributed by atoms with Crippen LogP contribution in [0, 0.1) is 16.2 Å². The SMILES string of the molecule is C[C@]12CC[C@](C)(O)[C@]3(C[C@H](c4ccoc4)OC3=O)[C@]13CC[C@@]2(C)C(=O)O3. The Morgan fingerprint density at radius 2 is 1.85 bits per heavy atom. The molecule has 0 radical (unpaired) electrons. The highest BCUT2D eigenvalue weighted by molar-refractivity contribution is 5.89. The van der Waals surface area contributed by atoms with E-state index in [2.05, 4.69) is 6.92 Å². The first-order chi connectivity index (χ1) is 12.1. The molecule has 2 saturated heterocycles. The van der Waals surface area contributed by atoms with Crippen molar-refractivity contribution >= 4 is 11.9 Å². The zero-order valence-corrected chi connectivity index (χ0v) is 15.3. The molecule has 2 saturated carbocycles. The summed E-state index contributed by atoms with van der Waals surface area (Å²) >= 11 is 0. The second kappa shape index (κ2) is 4.35. The Labute approximate surface area is 151 Å². The van der Waals surface area contributed by atoms with Crippen LogP contribution >= 0.6 is 0 Å². The minimum atomic E-state index is -1.31. The van der Waals surface area contributed by atoms with Crippen LogP contribution in [0.2, 0.25) is 0 Å². The molecule has 0 aromatic carbocycles. The summed E-state index contributed by atoms with van der Waals surface area (Å²) in [6.07, 6.45) is 5.22. The molecule has 2 bridgehead atoms. The second-order valence-corrected chi connectivity index (χ2v) is 9.21. The molecule has 5 rings (SSSR count). The van der Waals surface area contributed by atoms with Crippen LogP contribution in [0.4, 0.5) is 0 Å². The highest BCUT2D eigenvalue weighted by Crippen LogP contribution is 2.79. The number of aliphatic hydroxyl groups is 1. The lowest BCUT2D eigenvalue weighted by Gasteiger charge is -2.59. The topological polar surface area (TPSA) is 86.0 Å². The number of carbonyl (C=O) groups excluding carboxylic acids is 2. The molecule has 1 N–H and O–H groups in total. The Bertz CT molecular complexity index is 812. The maximum atomic E-state index is 13.3. The first-order valence-corrected chi connectivity index (χ1v) is 9.33. The summed E-state index contributed by atoms with van der Waals surface area (Å²) in [6.45, 7) is 5.70. The molecule has 26 heavy (non-hydrogen) atoms. The number of rotatable bonds is 1. The van der Waals surface area contributed by atoms with Crippen LogP contribution in [0.3, 0.4) is 0 Å². The Hall–Kier alpha value is -1.82. The smallest absolute Gasteiger partial charge is 0.319 e. The minimum Gasteiger partial charge on any atom is -0.472 e. The molecule has 0 unspecified atom stereocenters. The fourth-order valence-corrected chi connectivity index (χ4v) is 6.62. The molecule has 140 valence electrons. The molecule has 3 heterocycles. The number of cyclic esters (lactones) is 1. The van der Waals surface area contributed by atoms with Gasteiger partial charge in [0, 0.05) is 17.4 Å². The summed E-state index contributed by atoms with van der Waals surface area (Å²) in [4.78, 5) is 26.2. The van der Waals surface area contributed by atoms with Gasteiger partial charge in [0.15, 0.2) is 0 Å². The third kappa shape index (κ3) is 1.37. The lowest BCUT2D eigenvalue weighted by atomic mass is 9.45. The normalized spacial score (nSPS) is 52.2. The Morgan fingerprint density at radius 3 is 2.50 bits per heavy atom. The highest BCUT2D eigenvalue weighted by Gasteiger charge is 2.87. The number of furan rings is 1. The Kier molecular flexibility index (Phi) is 2.74. The lowest BCUT2D eigenvalue weighted by Crippen LogP contribution is -2.70. The summed E-state index contributed by atoms with van der Waals surface area (Å²) in [6, 6.07) is 1.77. The summed E-state index contributed by atoms with van der Waals surface area (Å²) in [7, 11) is 0. The first kappa shape index (κ1) is 16.4. The number of ether oxygens (including phenoxy) is 2. The predicted octanol–water partition coefficient (Wildman–Crippen LogP) is 2.90. The third-order valence-corrected chi connectivity index (χ3v) is 8.53. The van der Waals surface area contributed by atoms with Gasteiger partial charge < -0.3 is 19.0 Å². The first-order valence-electron chi connectivity index (χ1n) is 9.33. The molecule has 6 heteroatoms. The molecular formula is C20H24O6. The summed E-state index contributed by atoms with van der Waals surface area (Å²) in [5, 5.41) is 11.4. The molecule has 1 spiro atoms. The van der Waals surface area contributed by atoms with Gasteiger partial charge in [-0.15, -0.1) is 0 Å². The van der Waals surface area contributed by atoms with E-state index in [0.717, 1.165) is 5.56 Å². The summed E-state index contributed by atoms with van der Waals surface area (Å²) < 4.78 is 16.9. The van der Waals surface area contributed by atoms with E-state index in [-0.39, 0.29) is 12.4 Å². The second-order valence-electron chi connectivity index (χ2n) is 9.21. The van der Waals surface area contributed by atoms with Crippen molar-refractivity contribution in [1.82, 2.24) is 0 Å². The quantitative estimate of drug-likeness (QED) is 0.775. The molecule has 6 atom stereocenters. The largest absolute Gasteiger partial charge is 0.472 e. The third-order valence-electron chi connectivity index (χ3n) is 8.53. The maximum absolute atomic E-state index is 13.3. The predicted molar refractivity (Wildman–Crippen MR) is 88.7 cm³/mol. The van der Waals surface area contributed by atoms with Gasteiger partial charge in [0.2, 0.25) is 0 Å². The molecule has 6 nitrogen and oxygen atoms in total. The Morgan fingerprint density at radius 1 is 1.08 bits per heavy atom. The van der Waals surface area contributed by atoms with Gasteiger partial charge >= 0.3 is 11.9 Å². The van der Waals surface area contributed by atoms with E-state index in [4.69, 9.17) is 13.9 Å². The fraction of sp³-hybridized carbons (Fsp3) is 0.700. The van der Waals surface area contributed by atoms with Gasteiger partial charge in [0.1, 0.15) is 17.1 Å². The van der Waals surface area contributed by atoms with Gasteiger partial charge in [0.05, 0.1) is 23.5 Å². The molecule has 0 amide bonds. The van der Waals surface area contributed by atoms with E-state index < -0.39 is 39.5 Å². The van der Waals surface area contributed by atoms with Crippen LogP contribution in [0.25, 0.3) is 0 Å². The van der Waals surface area contributed by atoms with E-state index in [1.54, 1.807) is 19.3 Å². The van der Waals surface area contributed by atoms with Gasteiger partial charge in [-0.2, -0.15) is 0 Å². The van der Waals surface area contributed by atoms with E-state index in [9.17, 15) is 14.7 Å². The van der Waals surface area contributed by atoms with Gasteiger partial charge in [-0.3, -0.25) is 9.59 Å². The van der Waals surface area contributed by atoms with Crippen LogP contribution in [-0.4, -0.2) is 28.2 Å². The van der Waals surface area contributed by atoms with Crippen molar-refractivity contribution in [2.45, 2.75) is 70.2 Å². The number of carbonyl (C=O) groups is 2. The van der Waals surface area contributed by atoms with Crippen molar-refractivity contribution in [3.05, 3.63) is 24.2 Å². The van der Waals surface area contributed by atoms with Crippen molar-refractivity contribution in [2.75, 3.05) is 0 Å². The van der Waals surface area contributed by atoms with E-state index in [1.165, 1.54) is 6.26 Å². The van der Waals surface area contributed by atoms with Gasteiger partial charge in [0.25, 0.3) is 0 Å². The lowest BCUT2D eigenvalue weighted by molar-refractivity contribution is -0.244. The van der Waals surface area contributed by atoms with Gasteiger partial charge in [-0.25, -0.2) is 0 Å². The van der Waals surface area contributed by atoms with Crippen molar-refractivity contribution in [3.8, 4) is 0 Å². The van der Waals surface area contributed by atoms with Gasteiger partial charge in [-0.1, -0.05) is 6.92 Å². The average molecular weight is 360 g/mol. The van der Waals surface area contributed by atoms with E-state index in [1.807, 2.05) is 6.92 Å². The number of hydrogen-bond donors (Lipinski definition) is 1. The molecule has 4 fully saturated rings. The minimum absolute atomic E-state index is 0.247. The highest BCUT2D eigenvalue weighted by atomic mass is 16.6. The summed E-state index contributed by atoms with van der Waals surface area (Å²) in [5.74, 6) is -0.707. The molecule has 1 aromatic heterocycles. The van der Waals surface area contributed by atoms with Crippen molar-refractivity contribution in [2.24, 2.45) is 16.2 Å². The van der Waals surface area contributed by atoms with Crippen molar-refractivity contribution < 1.29 is 28.6 Å². The monoisotopic (exact) mass is 360 g/mol. The molecule has 2 aliphatic heterocycles. The van der Waals surface area contributed by atoms with Crippen LogP contribution in [0.5, 0.6) is 0 Å². The number of esters is 2. The van der Waals surface area contributed by atoms with Crippen LogP contribution < -0.4 is 0 Å². The average Bonchev–Trinajstić information content (AvgIpc) is 3.29. The summed E-state index contributed by atoms with van der Waals surface area (Å²) in [5.41, 5.74) is -3.95. The van der Waals surface area contributed by atoms with Gasteiger partial charge in [-0.05, 0) is 45.6 Å². The van der Waals surface area contributed by atoms with E-state index in [0.29, 0.717) is 25.7 Å². The standard InChI is InChI=1S/C20H24O6/c1-16-5-8-20(26-14(16)21)17(16,2)6-7-18(3,23)19(20)10-13(25-15(19)22)12-4-9-24-11-12/h4,9,11,13,23H,5-8,10H2,1-3H3/t13-,16+,17-,18+,19-,20+/m1/s1.